The molecule has 0 nitrogen and oxygen atoms in total. The Bertz CT molecular complexity index is 351. The van der Waals surface area contributed by atoms with Crippen LogP contribution in [0.4, 0.5) is 0 Å². The van der Waals surface area contributed by atoms with Gasteiger partial charge in [0.1, 0.15) is 0 Å². The summed E-state index contributed by atoms with van der Waals surface area (Å²) in [6.07, 6.45) is 7.98. The van der Waals surface area contributed by atoms with Crippen molar-refractivity contribution in [2.75, 3.05) is 0 Å². The number of rotatable bonds is 5. The zero-order valence-corrected chi connectivity index (χ0v) is 15.7. The van der Waals surface area contributed by atoms with Crippen LogP contribution in [-0.2, 0) is 0 Å². The van der Waals surface area contributed by atoms with Gasteiger partial charge in [0.2, 0.25) is 0 Å². The van der Waals surface area contributed by atoms with Crippen molar-refractivity contribution >= 4 is 10.8 Å². The maximum absolute atomic E-state index is 3.78. The minimum absolute atomic E-state index is 0. The van der Waals surface area contributed by atoms with Gasteiger partial charge in [0.05, 0.1) is 0 Å². The number of benzene rings is 2. The molecule has 0 aromatic heterocycles. The molecule has 0 saturated carbocycles. The Balaban J connectivity index is 0.000000335. The first-order valence-electron chi connectivity index (χ1n) is 7.11. The number of unbranched alkanes of at least 4 members (excludes halogenated alkanes) is 5. The van der Waals surface area contributed by atoms with Crippen molar-refractivity contribution in [1.82, 2.24) is 0 Å². The van der Waals surface area contributed by atoms with Crippen LogP contribution in [0.25, 0.3) is 10.8 Å². The van der Waals surface area contributed by atoms with E-state index in [2.05, 4.69) is 62.4 Å². The van der Waals surface area contributed by atoms with Crippen molar-refractivity contribution in [2.24, 2.45) is 0 Å². The molecule has 0 radical (unpaired) electrons. The summed E-state index contributed by atoms with van der Waals surface area (Å²) >= 11 is 0. The molecule has 0 atom stereocenters. The second-order valence-corrected chi connectivity index (χ2v) is 4.61. The quantitative estimate of drug-likeness (QED) is 0.449. The second-order valence-electron chi connectivity index (χ2n) is 4.61. The monoisotopic (exact) mass is 280 g/mol. The van der Waals surface area contributed by atoms with Crippen molar-refractivity contribution in [1.29, 1.82) is 0 Å². The Morgan fingerprint density at radius 3 is 1.53 bits per heavy atom. The molecule has 19 heavy (non-hydrogen) atoms. The van der Waals surface area contributed by atoms with Crippen LogP contribution in [-0.4, -0.2) is 0 Å². The number of hydrogen-bond donors (Lipinski definition) is 0. The second kappa shape index (κ2) is 13.3. The molecule has 1 heteroatoms. The van der Waals surface area contributed by atoms with Crippen LogP contribution in [0.15, 0.2) is 48.5 Å². The van der Waals surface area contributed by atoms with Crippen LogP contribution >= 0.6 is 0 Å². The molecule has 0 heterocycles. The molecule has 0 N–H and O–H groups in total. The van der Waals surface area contributed by atoms with Gasteiger partial charge in [0.25, 0.3) is 0 Å². The summed E-state index contributed by atoms with van der Waals surface area (Å²) in [5, 5.41) is 2.62. The predicted molar refractivity (Wildman–Crippen MR) is 82.7 cm³/mol. The van der Waals surface area contributed by atoms with Gasteiger partial charge in [-0.15, -0.1) is 0 Å². The molecule has 0 amide bonds. The van der Waals surface area contributed by atoms with Crippen molar-refractivity contribution in [3.8, 4) is 0 Å². The van der Waals surface area contributed by atoms with Crippen LogP contribution in [0.1, 0.15) is 45.4 Å². The van der Waals surface area contributed by atoms with Gasteiger partial charge >= 0.3 is 51.4 Å². The summed E-state index contributed by atoms with van der Waals surface area (Å²) in [6.45, 7) is 6.02. The van der Waals surface area contributed by atoms with Gasteiger partial charge in [-0.3, -0.25) is 0 Å². The molecule has 0 aliphatic carbocycles. The van der Waals surface area contributed by atoms with Gasteiger partial charge in [-0.05, 0) is 10.8 Å². The molecule has 0 saturated heterocycles. The van der Waals surface area contributed by atoms with E-state index in [-0.39, 0.29) is 51.4 Å². The molecule has 2 rings (SSSR count). The molecule has 0 aliphatic heterocycles. The standard InChI is InChI=1S/C10H8.C8H17.K/c1-2-6-10-8-4-3-7-9(10)5-1;1-3-5-7-8-6-4-2;/h1-8H;1,3-8H2,2H3;/q;-1;+1. The summed E-state index contributed by atoms with van der Waals surface area (Å²) in [6, 6.07) is 16.7. The molecule has 98 valence electrons. The van der Waals surface area contributed by atoms with Crippen molar-refractivity contribution in [3.05, 3.63) is 55.5 Å². The third kappa shape index (κ3) is 8.99. The van der Waals surface area contributed by atoms with Crippen LogP contribution < -0.4 is 51.4 Å². The van der Waals surface area contributed by atoms with Crippen LogP contribution in [0.5, 0.6) is 0 Å². The summed E-state index contributed by atoms with van der Waals surface area (Å²) in [5.41, 5.74) is 0. The van der Waals surface area contributed by atoms with Crippen molar-refractivity contribution in [3.63, 3.8) is 0 Å². The average Bonchev–Trinajstić information content (AvgIpc) is 2.45. The van der Waals surface area contributed by atoms with Gasteiger partial charge in [-0.25, -0.2) is 0 Å². The van der Waals surface area contributed by atoms with Gasteiger partial charge in [0.15, 0.2) is 0 Å². The predicted octanol–water partition coefficient (Wildman–Crippen LogP) is 3.02. The van der Waals surface area contributed by atoms with Gasteiger partial charge < -0.3 is 6.92 Å². The van der Waals surface area contributed by atoms with Crippen LogP contribution in [0.2, 0.25) is 0 Å². The van der Waals surface area contributed by atoms with Crippen LogP contribution in [0.3, 0.4) is 0 Å². The maximum atomic E-state index is 3.78. The normalized spacial score (nSPS) is 9.37. The Morgan fingerprint density at radius 1 is 0.737 bits per heavy atom. The number of fused-ring (bicyclic) bond motifs is 1. The van der Waals surface area contributed by atoms with E-state index in [1.165, 1.54) is 42.9 Å². The van der Waals surface area contributed by atoms with Gasteiger partial charge in [-0.2, -0.15) is 6.42 Å². The van der Waals surface area contributed by atoms with E-state index in [0.29, 0.717) is 0 Å². The summed E-state index contributed by atoms with van der Waals surface area (Å²) < 4.78 is 0. The Labute approximate surface area is 161 Å². The molecule has 0 unspecified atom stereocenters. The van der Waals surface area contributed by atoms with Crippen LogP contribution in [0, 0.1) is 6.92 Å². The van der Waals surface area contributed by atoms with E-state index < -0.39 is 0 Å². The summed E-state index contributed by atoms with van der Waals surface area (Å²) in [4.78, 5) is 0. The first kappa shape index (κ1) is 19.3. The third-order valence-electron chi connectivity index (χ3n) is 3.01. The molecular formula is C18H25K. The fraction of sp³-hybridized carbons (Fsp3) is 0.389. The van der Waals surface area contributed by atoms with E-state index in [1.54, 1.807) is 0 Å². The Kier molecular flexibility index (Phi) is 13.6. The van der Waals surface area contributed by atoms with E-state index in [0.717, 1.165) is 6.42 Å². The fourth-order valence-corrected chi connectivity index (χ4v) is 1.91. The average molecular weight is 280 g/mol. The SMILES string of the molecule is [CH2-]CCCCCCC.[K+].c1ccc2ccccc2c1. The number of hydrogen-bond acceptors (Lipinski definition) is 0. The van der Waals surface area contributed by atoms with Gasteiger partial charge in [0, 0.05) is 0 Å². The topological polar surface area (TPSA) is 0 Å². The maximum Gasteiger partial charge on any atom is 1.00 e. The van der Waals surface area contributed by atoms with E-state index in [4.69, 9.17) is 0 Å². The molecular weight excluding hydrogens is 255 g/mol. The van der Waals surface area contributed by atoms with Crippen molar-refractivity contribution < 1.29 is 51.4 Å². The van der Waals surface area contributed by atoms with Gasteiger partial charge in [-0.1, -0.05) is 87.6 Å². The third-order valence-corrected chi connectivity index (χ3v) is 3.01. The molecule has 0 spiro atoms. The Morgan fingerprint density at radius 2 is 1.16 bits per heavy atom. The molecule has 0 fully saturated rings. The first-order valence-corrected chi connectivity index (χ1v) is 7.11. The smallest absolute Gasteiger partial charge is 0.343 e. The fourth-order valence-electron chi connectivity index (χ4n) is 1.91. The molecule has 2 aromatic carbocycles. The Hall–Kier alpha value is 0.336. The minimum atomic E-state index is 0. The minimum Gasteiger partial charge on any atom is -0.343 e. The zero-order valence-electron chi connectivity index (χ0n) is 12.6. The van der Waals surface area contributed by atoms with E-state index in [9.17, 15) is 0 Å². The van der Waals surface area contributed by atoms with E-state index in [1.807, 2.05) is 0 Å². The molecule has 0 aliphatic rings. The summed E-state index contributed by atoms with van der Waals surface area (Å²) in [7, 11) is 0. The zero-order chi connectivity index (χ0) is 13.1. The van der Waals surface area contributed by atoms with Crippen molar-refractivity contribution in [2.45, 2.75) is 45.4 Å². The summed E-state index contributed by atoms with van der Waals surface area (Å²) in [5.74, 6) is 0. The molecule has 0 bridgehead atoms. The molecule has 2 aromatic rings. The first-order chi connectivity index (χ1) is 8.88. The van der Waals surface area contributed by atoms with E-state index >= 15 is 0 Å². The largest absolute Gasteiger partial charge is 1.00 e.